The van der Waals surface area contributed by atoms with E-state index < -0.39 is 0 Å². The Balaban J connectivity index is 2.50. The van der Waals surface area contributed by atoms with Crippen LogP contribution >= 0.6 is 0 Å². The van der Waals surface area contributed by atoms with Crippen molar-refractivity contribution in [1.29, 1.82) is 0 Å². The highest BCUT2D eigenvalue weighted by Crippen LogP contribution is 2.05. The van der Waals surface area contributed by atoms with Crippen LogP contribution in [0, 0.1) is 0 Å². The third-order valence-corrected chi connectivity index (χ3v) is 2.13. The minimum atomic E-state index is 0.152. The first-order chi connectivity index (χ1) is 7.15. The van der Waals surface area contributed by atoms with Crippen LogP contribution < -0.4 is 5.32 Å². The molecule has 0 spiro atoms. The van der Waals surface area contributed by atoms with Gasteiger partial charge >= 0.3 is 0 Å². The Morgan fingerprint density at radius 1 is 1.40 bits per heavy atom. The van der Waals surface area contributed by atoms with E-state index in [-0.39, 0.29) is 12.1 Å². The first-order valence-corrected chi connectivity index (χ1v) is 5.20. The summed E-state index contributed by atoms with van der Waals surface area (Å²) < 4.78 is 7.21. The lowest BCUT2D eigenvalue weighted by Crippen LogP contribution is -2.20. The van der Waals surface area contributed by atoms with Gasteiger partial charge in [0.15, 0.2) is 5.82 Å². The van der Waals surface area contributed by atoms with E-state index in [1.54, 1.807) is 4.68 Å². The van der Waals surface area contributed by atoms with Crippen LogP contribution in [0.15, 0.2) is 0 Å². The van der Waals surface area contributed by atoms with Gasteiger partial charge in [-0.25, -0.2) is 4.68 Å². The van der Waals surface area contributed by atoms with Gasteiger partial charge in [-0.3, -0.25) is 0 Å². The smallest absolute Gasteiger partial charge is 0.168 e. The summed E-state index contributed by atoms with van der Waals surface area (Å²) in [5.74, 6) is 0.838. The van der Waals surface area contributed by atoms with Gasteiger partial charge in [-0.1, -0.05) is 0 Å². The van der Waals surface area contributed by atoms with Crippen molar-refractivity contribution >= 4 is 0 Å². The van der Waals surface area contributed by atoms with Gasteiger partial charge in [-0.05, 0) is 38.2 Å². The minimum Gasteiger partial charge on any atom is -0.377 e. The van der Waals surface area contributed by atoms with E-state index in [0.717, 1.165) is 5.82 Å². The third-order valence-electron chi connectivity index (χ3n) is 2.13. The van der Waals surface area contributed by atoms with E-state index >= 15 is 0 Å². The molecule has 1 atom stereocenters. The van der Waals surface area contributed by atoms with Crippen LogP contribution in [0.4, 0.5) is 0 Å². The van der Waals surface area contributed by atoms with Gasteiger partial charge in [0, 0.05) is 0 Å². The van der Waals surface area contributed by atoms with Crippen LogP contribution in [0.5, 0.6) is 0 Å². The van der Waals surface area contributed by atoms with Crippen LogP contribution in [-0.4, -0.2) is 40.0 Å². The van der Waals surface area contributed by atoms with E-state index in [9.17, 15) is 0 Å². The molecule has 1 rings (SSSR count). The van der Waals surface area contributed by atoms with Crippen LogP contribution in [0.2, 0.25) is 0 Å². The average molecular weight is 213 g/mol. The molecule has 0 aromatic carbocycles. The van der Waals surface area contributed by atoms with E-state index in [0.29, 0.717) is 13.2 Å². The molecule has 0 amide bonds. The maximum atomic E-state index is 5.45. The quantitative estimate of drug-likeness (QED) is 0.740. The molecular formula is C9H19N5O. The summed E-state index contributed by atoms with van der Waals surface area (Å²) in [5.41, 5.74) is 0. The fourth-order valence-electron chi connectivity index (χ4n) is 1.18. The van der Waals surface area contributed by atoms with Gasteiger partial charge in [0.05, 0.1) is 25.3 Å². The number of nitrogens with zero attached hydrogens (tertiary/aromatic N) is 4. The molecule has 0 saturated heterocycles. The highest BCUT2D eigenvalue weighted by molar-refractivity contribution is 4.88. The summed E-state index contributed by atoms with van der Waals surface area (Å²) in [7, 11) is 1.88. The first-order valence-electron chi connectivity index (χ1n) is 5.20. The molecule has 0 aliphatic heterocycles. The predicted octanol–water partition coefficient (Wildman–Crippen LogP) is 0.378. The normalized spacial score (nSPS) is 13.4. The molecule has 86 valence electrons. The SMILES string of the molecule is CNC(C)c1nnnn1CCOC(C)C. The second-order valence-electron chi connectivity index (χ2n) is 3.69. The summed E-state index contributed by atoms with van der Waals surface area (Å²) in [6.45, 7) is 7.36. The topological polar surface area (TPSA) is 64.9 Å². The lowest BCUT2D eigenvalue weighted by Gasteiger charge is -2.11. The second kappa shape index (κ2) is 5.77. The number of ether oxygens (including phenoxy) is 1. The molecule has 0 radical (unpaired) electrons. The highest BCUT2D eigenvalue weighted by Gasteiger charge is 2.11. The van der Waals surface area contributed by atoms with Crippen LogP contribution in [0.3, 0.4) is 0 Å². The predicted molar refractivity (Wildman–Crippen MR) is 56.4 cm³/mol. The van der Waals surface area contributed by atoms with Crippen LogP contribution in [-0.2, 0) is 11.3 Å². The zero-order valence-corrected chi connectivity index (χ0v) is 9.77. The largest absolute Gasteiger partial charge is 0.377 e. The Morgan fingerprint density at radius 3 is 2.73 bits per heavy atom. The monoisotopic (exact) mass is 213 g/mol. The summed E-state index contributed by atoms with van der Waals surface area (Å²) in [4.78, 5) is 0. The molecule has 1 aromatic rings. The molecule has 15 heavy (non-hydrogen) atoms. The molecule has 1 aromatic heterocycles. The molecule has 0 aliphatic rings. The fraction of sp³-hybridized carbons (Fsp3) is 0.889. The molecule has 0 fully saturated rings. The van der Waals surface area contributed by atoms with Gasteiger partial charge in [0.1, 0.15) is 0 Å². The minimum absolute atomic E-state index is 0.152. The van der Waals surface area contributed by atoms with Gasteiger partial charge in [0.25, 0.3) is 0 Å². The Labute approximate surface area is 90.0 Å². The van der Waals surface area contributed by atoms with Gasteiger partial charge in [-0.2, -0.15) is 0 Å². The average Bonchev–Trinajstić information content (AvgIpc) is 2.64. The standard InChI is InChI=1S/C9H19N5O/c1-7(2)15-6-5-14-9(8(3)10-4)11-12-13-14/h7-8,10H,5-6H2,1-4H3. The molecule has 1 heterocycles. The van der Waals surface area contributed by atoms with Gasteiger partial charge in [0.2, 0.25) is 0 Å². The van der Waals surface area contributed by atoms with Crippen molar-refractivity contribution in [1.82, 2.24) is 25.5 Å². The molecule has 0 saturated carbocycles. The summed E-state index contributed by atoms with van der Waals surface area (Å²) in [6.07, 6.45) is 0.242. The van der Waals surface area contributed by atoms with Crippen molar-refractivity contribution in [2.75, 3.05) is 13.7 Å². The van der Waals surface area contributed by atoms with E-state index in [1.165, 1.54) is 0 Å². The van der Waals surface area contributed by atoms with Crippen molar-refractivity contribution in [3.8, 4) is 0 Å². The maximum absolute atomic E-state index is 5.45. The van der Waals surface area contributed by atoms with Crippen molar-refractivity contribution in [2.24, 2.45) is 0 Å². The zero-order chi connectivity index (χ0) is 11.3. The fourth-order valence-corrected chi connectivity index (χ4v) is 1.18. The molecular weight excluding hydrogens is 194 g/mol. The number of hydrogen-bond donors (Lipinski definition) is 1. The lowest BCUT2D eigenvalue weighted by molar-refractivity contribution is 0.0700. The van der Waals surface area contributed by atoms with Crippen molar-refractivity contribution < 1.29 is 4.74 Å². The van der Waals surface area contributed by atoms with Gasteiger partial charge in [-0.15, -0.1) is 5.10 Å². The number of aromatic nitrogens is 4. The number of rotatable bonds is 6. The number of nitrogens with one attached hydrogen (secondary N) is 1. The van der Waals surface area contributed by atoms with E-state index in [4.69, 9.17) is 4.74 Å². The van der Waals surface area contributed by atoms with Crippen LogP contribution in [0.1, 0.15) is 32.6 Å². The first kappa shape index (κ1) is 12.1. The molecule has 6 heteroatoms. The van der Waals surface area contributed by atoms with Crippen LogP contribution in [0.25, 0.3) is 0 Å². The van der Waals surface area contributed by atoms with Crippen molar-refractivity contribution in [3.63, 3.8) is 0 Å². The third kappa shape index (κ3) is 3.56. The highest BCUT2D eigenvalue weighted by atomic mass is 16.5. The van der Waals surface area contributed by atoms with Crippen molar-refractivity contribution in [3.05, 3.63) is 5.82 Å². The molecule has 1 N–H and O–H groups in total. The van der Waals surface area contributed by atoms with E-state index in [2.05, 4.69) is 20.8 Å². The summed E-state index contributed by atoms with van der Waals surface area (Å²) in [6, 6.07) is 0.152. The Kier molecular flexibility index (Phi) is 4.64. The second-order valence-corrected chi connectivity index (χ2v) is 3.69. The zero-order valence-electron chi connectivity index (χ0n) is 9.77. The lowest BCUT2D eigenvalue weighted by atomic mass is 10.3. The number of tetrazole rings is 1. The molecule has 6 nitrogen and oxygen atoms in total. The maximum Gasteiger partial charge on any atom is 0.168 e. The van der Waals surface area contributed by atoms with Gasteiger partial charge < -0.3 is 10.1 Å². The number of hydrogen-bond acceptors (Lipinski definition) is 5. The Hall–Kier alpha value is -1.01. The molecule has 1 unspecified atom stereocenters. The molecule has 0 bridgehead atoms. The Bertz CT molecular complexity index is 286. The summed E-state index contributed by atoms with van der Waals surface area (Å²) in [5, 5.41) is 14.6. The molecule has 0 aliphatic carbocycles. The van der Waals surface area contributed by atoms with E-state index in [1.807, 2.05) is 27.8 Å². The van der Waals surface area contributed by atoms with Crippen molar-refractivity contribution in [2.45, 2.75) is 39.5 Å². The summed E-state index contributed by atoms with van der Waals surface area (Å²) >= 11 is 0. The Morgan fingerprint density at radius 2 is 2.13 bits per heavy atom.